The van der Waals surface area contributed by atoms with Gasteiger partial charge in [-0.05, 0) is 29.1 Å². The molecule has 2 amide bonds. The summed E-state index contributed by atoms with van der Waals surface area (Å²) in [4.78, 5) is 33.9. The summed E-state index contributed by atoms with van der Waals surface area (Å²) in [5.41, 5.74) is 1.46. The Kier molecular flexibility index (Phi) is 9.31. The van der Waals surface area contributed by atoms with Crippen LogP contribution in [0, 0.1) is 0 Å². The first-order valence-corrected chi connectivity index (χ1v) is 13.0. The standard InChI is InChI=1S/C27H30ClN3O3S/c28-25-11-5-4-10-24(25)27(33)30(13-12-29-14-16-34-17-15-29)21-26(32)31(20-23-9-6-18-35-23)19-22-7-2-1-3-8-22/h1-11,18H,12-17,19-21H2. The molecule has 0 saturated carbocycles. The van der Waals surface area contributed by atoms with E-state index in [9.17, 15) is 9.59 Å². The highest BCUT2D eigenvalue weighted by Crippen LogP contribution is 2.19. The Balaban J connectivity index is 1.52. The quantitative estimate of drug-likeness (QED) is 0.405. The molecule has 6 nitrogen and oxygen atoms in total. The van der Waals surface area contributed by atoms with E-state index < -0.39 is 0 Å². The van der Waals surface area contributed by atoms with Gasteiger partial charge in [0.1, 0.15) is 6.54 Å². The van der Waals surface area contributed by atoms with E-state index in [0.717, 1.165) is 23.5 Å². The summed E-state index contributed by atoms with van der Waals surface area (Å²) in [6, 6.07) is 21.0. The summed E-state index contributed by atoms with van der Waals surface area (Å²) in [5, 5.41) is 2.40. The van der Waals surface area contributed by atoms with Crippen molar-refractivity contribution in [2.75, 3.05) is 45.9 Å². The zero-order valence-corrected chi connectivity index (χ0v) is 21.2. The van der Waals surface area contributed by atoms with E-state index >= 15 is 0 Å². The van der Waals surface area contributed by atoms with Crippen LogP contribution in [0.2, 0.25) is 5.02 Å². The zero-order valence-electron chi connectivity index (χ0n) is 19.6. The molecule has 1 aliphatic rings. The molecule has 0 unspecified atom stereocenters. The van der Waals surface area contributed by atoms with Crippen molar-refractivity contribution < 1.29 is 14.3 Å². The van der Waals surface area contributed by atoms with Gasteiger partial charge in [-0.3, -0.25) is 14.5 Å². The fraction of sp³-hybridized carbons (Fsp3) is 0.333. The SMILES string of the molecule is O=C(CN(CCN1CCOCC1)C(=O)c1ccccc1Cl)N(Cc1ccccc1)Cc1cccs1. The molecule has 0 spiro atoms. The molecule has 0 N–H and O–H groups in total. The predicted molar refractivity (Wildman–Crippen MR) is 140 cm³/mol. The minimum absolute atomic E-state index is 0.00734. The van der Waals surface area contributed by atoms with Crippen molar-refractivity contribution in [3.8, 4) is 0 Å². The normalized spacial score (nSPS) is 14.0. The van der Waals surface area contributed by atoms with E-state index in [0.29, 0.717) is 50.0 Å². The summed E-state index contributed by atoms with van der Waals surface area (Å²) < 4.78 is 5.44. The molecule has 1 fully saturated rings. The molecule has 0 radical (unpaired) electrons. The summed E-state index contributed by atoms with van der Waals surface area (Å²) >= 11 is 7.97. The van der Waals surface area contributed by atoms with Crippen molar-refractivity contribution >= 4 is 34.8 Å². The van der Waals surface area contributed by atoms with Gasteiger partial charge in [0.15, 0.2) is 0 Å². The Bertz CT molecular complexity index is 1090. The number of ether oxygens (including phenoxy) is 1. The largest absolute Gasteiger partial charge is 0.379 e. The molecule has 1 aliphatic heterocycles. The maximum absolute atomic E-state index is 13.6. The number of carbonyl (C=O) groups excluding carboxylic acids is 2. The maximum Gasteiger partial charge on any atom is 0.255 e. The molecule has 4 rings (SSSR count). The van der Waals surface area contributed by atoms with E-state index in [4.69, 9.17) is 16.3 Å². The molecule has 0 atom stereocenters. The van der Waals surface area contributed by atoms with Crippen LogP contribution in [-0.4, -0.2) is 72.5 Å². The Morgan fingerprint density at radius 1 is 0.914 bits per heavy atom. The van der Waals surface area contributed by atoms with E-state index in [1.54, 1.807) is 40.5 Å². The van der Waals surface area contributed by atoms with Gasteiger partial charge in [-0.2, -0.15) is 0 Å². The van der Waals surface area contributed by atoms with Crippen molar-refractivity contribution in [1.82, 2.24) is 14.7 Å². The fourth-order valence-electron chi connectivity index (χ4n) is 4.03. The minimum Gasteiger partial charge on any atom is -0.379 e. The number of benzene rings is 2. The van der Waals surface area contributed by atoms with Gasteiger partial charge in [-0.1, -0.05) is 60.1 Å². The lowest BCUT2D eigenvalue weighted by atomic mass is 10.2. The smallest absolute Gasteiger partial charge is 0.255 e. The lowest BCUT2D eigenvalue weighted by molar-refractivity contribution is -0.133. The molecule has 184 valence electrons. The van der Waals surface area contributed by atoms with E-state index in [1.165, 1.54) is 0 Å². The lowest BCUT2D eigenvalue weighted by Gasteiger charge is -2.31. The van der Waals surface area contributed by atoms with Gasteiger partial charge in [-0.15, -0.1) is 11.3 Å². The second-order valence-corrected chi connectivity index (χ2v) is 9.91. The Morgan fingerprint density at radius 2 is 1.66 bits per heavy atom. The van der Waals surface area contributed by atoms with Crippen LogP contribution >= 0.6 is 22.9 Å². The average Bonchev–Trinajstić information content (AvgIpc) is 3.40. The van der Waals surface area contributed by atoms with E-state index in [-0.39, 0.29) is 18.4 Å². The van der Waals surface area contributed by atoms with Crippen LogP contribution in [0.15, 0.2) is 72.1 Å². The molecular formula is C27H30ClN3O3S. The summed E-state index contributed by atoms with van der Waals surface area (Å²) in [6.07, 6.45) is 0. The summed E-state index contributed by atoms with van der Waals surface area (Å²) in [7, 11) is 0. The van der Waals surface area contributed by atoms with Crippen LogP contribution in [0.4, 0.5) is 0 Å². The number of halogens is 1. The van der Waals surface area contributed by atoms with Crippen LogP contribution in [0.1, 0.15) is 20.8 Å². The van der Waals surface area contributed by atoms with Gasteiger partial charge in [-0.25, -0.2) is 0 Å². The van der Waals surface area contributed by atoms with Gasteiger partial charge in [0, 0.05) is 37.6 Å². The number of carbonyl (C=O) groups is 2. The molecule has 1 aromatic heterocycles. The lowest BCUT2D eigenvalue weighted by Crippen LogP contribution is -2.47. The molecule has 0 bridgehead atoms. The molecule has 35 heavy (non-hydrogen) atoms. The predicted octanol–water partition coefficient (Wildman–Crippen LogP) is 4.40. The van der Waals surface area contributed by atoms with Crippen molar-refractivity contribution in [1.29, 1.82) is 0 Å². The van der Waals surface area contributed by atoms with Crippen LogP contribution in [0.5, 0.6) is 0 Å². The molecule has 0 aliphatic carbocycles. The van der Waals surface area contributed by atoms with Crippen molar-refractivity contribution in [2.45, 2.75) is 13.1 Å². The first kappa shape index (κ1) is 25.4. The third kappa shape index (κ3) is 7.39. The van der Waals surface area contributed by atoms with Crippen molar-refractivity contribution in [3.05, 3.63) is 93.1 Å². The highest BCUT2D eigenvalue weighted by atomic mass is 35.5. The van der Waals surface area contributed by atoms with Gasteiger partial charge >= 0.3 is 0 Å². The van der Waals surface area contributed by atoms with Crippen LogP contribution in [-0.2, 0) is 22.6 Å². The van der Waals surface area contributed by atoms with Gasteiger partial charge in [0.25, 0.3) is 5.91 Å². The van der Waals surface area contributed by atoms with E-state index in [1.807, 2.05) is 52.7 Å². The van der Waals surface area contributed by atoms with Crippen LogP contribution in [0.25, 0.3) is 0 Å². The first-order chi connectivity index (χ1) is 17.1. The molecule has 2 aromatic carbocycles. The number of hydrogen-bond donors (Lipinski definition) is 0. The number of amides is 2. The van der Waals surface area contributed by atoms with Crippen molar-refractivity contribution in [2.24, 2.45) is 0 Å². The minimum atomic E-state index is -0.229. The zero-order chi connectivity index (χ0) is 24.5. The average molecular weight is 512 g/mol. The number of morpholine rings is 1. The third-order valence-electron chi connectivity index (χ3n) is 6.00. The molecular weight excluding hydrogens is 482 g/mol. The molecule has 3 aromatic rings. The highest BCUT2D eigenvalue weighted by molar-refractivity contribution is 7.09. The Labute approximate surface area is 215 Å². The number of nitrogens with zero attached hydrogens (tertiary/aromatic N) is 3. The second kappa shape index (κ2) is 12.8. The number of rotatable bonds is 10. The number of thiophene rings is 1. The summed E-state index contributed by atoms with van der Waals surface area (Å²) in [6.45, 7) is 5.10. The Morgan fingerprint density at radius 3 is 2.37 bits per heavy atom. The Hall–Kier alpha value is -2.71. The summed E-state index contributed by atoms with van der Waals surface area (Å²) in [5.74, 6) is -0.322. The first-order valence-electron chi connectivity index (χ1n) is 11.8. The molecule has 8 heteroatoms. The third-order valence-corrected chi connectivity index (χ3v) is 7.19. The topological polar surface area (TPSA) is 53.1 Å². The second-order valence-electron chi connectivity index (χ2n) is 8.48. The van der Waals surface area contributed by atoms with E-state index in [2.05, 4.69) is 4.90 Å². The monoisotopic (exact) mass is 511 g/mol. The van der Waals surface area contributed by atoms with Crippen molar-refractivity contribution in [3.63, 3.8) is 0 Å². The fourth-order valence-corrected chi connectivity index (χ4v) is 4.97. The van der Waals surface area contributed by atoms with Gasteiger partial charge < -0.3 is 14.5 Å². The van der Waals surface area contributed by atoms with Crippen LogP contribution < -0.4 is 0 Å². The maximum atomic E-state index is 13.6. The number of hydrogen-bond acceptors (Lipinski definition) is 5. The van der Waals surface area contributed by atoms with Gasteiger partial charge in [0.2, 0.25) is 5.91 Å². The highest BCUT2D eigenvalue weighted by Gasteiger charge is 2.25. The molecule has 2 heterocycles. The van der Waals surface area contributed by atoms with Gasteiger partial charge in [0.05, 0.1) is 30.3 Å². The van der Waals surface area contributed by atoms with Crippen LogP contribution in [0.3, 0.4) is 0 Å². The molecule has 1 saturated heterocycles.